The van der Waals surface area contributed by atoms with Gasteiger partial charge >= 0.3 is 0 Å². The molecule has 0 N–H and O–H groups in total. The second-order valence-corrected chi connectivity index (χ2v) is 7.37. The van der Waals surface area contributed by atoms with Crippen LogP contribution in [0.2, 0.25) is 0 Å². The third-order valence-corrected chi connectivity index (χ3v) is 4.75. The predicted octanol–water partition coefficient (Wildman–Crippen LogP) is 5.02. The number of rotatable bonds is 4. The highest BCUT2D eigenvalue weighted by Gasteiger charge is 2.33. The molecule has 1 heterocycles. The Hall–Kier alpha value is -2.18. The Balaban J connectivity index is 1.92. The molecule has 2 aromatic rings. The zero-order valence-electron chi connectivity index (χ0n) is 13.7. The van der Waals surface area contributed by atoms with Gasteiger partial charge in [0.25, 0.3) is 5.91 Å². The SMILES string of the molecule is CC(C)Oc1ccccc1/C=C1\SC(=S)N(c2ccc(F)cc2)C1=O. The Morgan fingerprint density at radius 1 is 1.16 bits per heavy atom. The smallest absolute Gasteiger partial charge is 0.270 e. The van der Waals surface area contributed by atoms with E-state index in [4.69, 9.17) is 17.0 Å². The molecule has 6 heteroatoms. The molecule has 2 aromatic carbocycles. The minimum Gasteiger partial charge on any atom is -0.490 e. The van der Waals surface area contributed by atoms with Crippen LogP contribution >= 0.6 is 24.0 Å². The summed E-state index contributed by atoms with van der Waals surface area (Å²) in [5, 5.41) is 0. The fourth-order valence-corrected chi connectivity index (χ4v) is 3.67. The van der Waals surface area contributed by atoms with Gasteiger partial charge in [-0.15, -0.1) is 0 Å². The van der Waals surface area contributed by atoms with Crippen molar-refractivity contribution in [2.24, 2.45) is 0 Å². The molecule has 1 aliphatic heterocycles. The quantitative estimate of drug-likeness (QED) is 0.556. The van der Waals surface area contributed by atoms with E-state index < -0.39 is 0 Å². The number of thiocarbonyl (C=S) groups is 1. The third-order valence-electron chi connectivity index (χ3n) is 3.45. The molecule has 1 saturated heterocycles. The number of anilines is 1. The first-order valence-corrected chi connectivity index (χ1v) is 8.97. The summed E-state index contributed by atoms with van der Waals surface area (Å²) in [6.07, 6.45) is 1.81. The van der Waals surface area contributed by atoms with Crippen molar-refractivity contribution < 1.29 is 13.9 Å². The van der Waals surface area contributed by atoms with Crippen LogP contribution in [0.15, 0.2) is 53.4 Å². The highest BCUT2D eigenvalue weighted by molar-refractivity contribution is 8.27. The van der Waals surface area contributed by atoms with Crippen LogP contribution in [0.5, 0.6) is 5.75 Å². The van der Waals surface area contributed by atoms with Gasteiger partial charge in [0.05, 0.1) is 16.7 Å². The summed E-state index contributed by atoms with van der Waals surface area (Å²) in [6, 6.07) is 13.2. The molecule has 1 amide bonds. The number of halogens is 1. The van der Waals surface area contributed by atoms with Gasteiger partial charge in [-0.05, 0) is 50.3 Å². The molecule has 0 radical (unpaired) electrons. The summed E-state index contributed by atoms with van der Waals surface area (Å²) in [5.41, 5.74) is 1.37. The Bertz CT molecular complexity index is 847. The molecular weight excluding hydrogens is 357 g/mol. The Morgan fingerprint density at radius 3 is 2.52 bits per heavy atom. The molecule has 3 nitrogen and oxygen atoms in total. The molecule has 1 aliphatic rings. The van der Waals surface area contributed by atoms with E-state index in [1.807, 2.05) is 38.1 Å². The minimum atomic E-state index is -0.357. The van der Waals surface area contributed by atoms with Crippen molar-refractivity contribution in [3.63, 3.8) is 0 Å². The van der Waals surface area contributed by atoms with Crippen LogP contribution in [-0.4, -0.2) is 16.3 Å². The zero-order valence-corrected chi connectivity index (χ0v) is 15.4. The van der Waals surface area contributed by atoms with Crippen molar-refractivity contribution in [1.82, 2.24) is 0 Å². The molecular formula is C19H16FNO2S2. The molecule has 0 aromatic heterocycles. The molecule has 0 bridgehead atoms. The van der Waals surface area contributed by atoms with Crippen molar-refractivity contribution in [2.75, 3.05) is 4.90 Å². The van der Waals surface area contributed by atoms with E-state index in [9.17, 15) is 9.18 Å². The Labute approximate surface area is 155 Å². The zero-order chi connectivity index (χ0) is 18.0. The number of carbonyl (C=O) groups excluding carboxylic acids is 1. The van der Waals surface area contributed by atoms with E-state index in [1.54, 1.807) is 18.2 Å². The second kappa shape index (κ2) is 7.37. The number of amides is 1. The lowest BCUT2D eigenvalue weighted by molar-refractivity contribution is -0.113. The van der Waals surface area contributed by atoms with Crippen LogP contribution in [-0.2, 0) is 4.79 Å². The van der Waals surface area contributed by atoms with Gasteiger partial charge < -0.3 is 4.74 Å². The van der Waals surface area contributed by atoms with Crippen molar-refractivity contribution >= 4 is 46.0 Å². The van der Waals surface area contributed by atoms with E-state index >= 15 is 0 Å². The molecule has 128 valence electrons. The lowest BCUT2D eigenvalue weighted by Gasteiger charge is -2.14. The topological polar surface area (TPSA) is 29.5 Å². The van der Waals surface area contributed by atoms with Gasteiger partial charge in [0, 0.05) is 5.56 Å². The highest BCUT2D eigenvalue weighted by Crippen LogP contribution is 2.37. The van der Waals surface area contributed by atoms with Crippen LogP contribution in [0.4, 0.5) is 10.1 Å². The van der Waals surface area contributed by atoms with Crippen LogP contribution < -0.4 is 9.64 Å². The van der Waals surface area contributed by atoms with E-state index in [0.717, 1.165) is 5.56 Å². The van der Waals surface area contributed by atoms with Gasteiger partial charge in [-0.25, -0.2) is 4.39 Å². The molecule has 0 aliphatic carbocycles. The molecule has 3 rings (SSSR count). The van der Waals surface area contributed by atoms with Gasteiger partial charge in [0.15, 0.2) is 4.32 Å². The van der Waals surface area contributed by atoms with Crippen molar-refractivity contribution in [3.8, 4) is 5.75 Å². The predicted molar refractivity (Wildman–Crippen MR) is 104 cm³/mol. The van der Waals surface area contributed by atoms with Crippen molar-refractivity contribution in [1.29, 1.82) is 0 Å². The minimum absolute atomic E-state index is 0.0308. The highest BCUT2D eigenvalue weighted by atomic mass is 32.2. The van der Waals surface area contributed by atoms with E-state index in [-0.39, 0.29) is 17.8 Å². The molecule has 0 spiro atoms. The number of thioether (sulfide) groups is 1. The molecule has 0 saturated carbocycles. The standard InChI is InChI=1S/C19H16FNO2S2/c1-12(2)23-16-6-4-3-5-13(16)11-17-18(22)21(19(24)25-17)15-9-7-14(20)8-10-15/h3-12H,1-2H3/b17-11-. The summed E-state index contributed by atoms with van der Waals surface area (Å²) in [5.74, 6) is 0.134. The lowest BCUT2D eigenvalue weighted by atomic mass is 10.1. The maximum absolute atomic E-state index is 13.1. The Kier molecular flexibility index (Phi) is 5.20. The number of hydrogen-bond donors (Lipinski definition) is 0. The van der Waals surface area contributed by atoms with Crippen molar-refractivity contribution in [2.45, 2.75) is 20.0 Å². The maximum Gasteiger partial charge on any atom is 0.270 e. The van der Waals surface area contributed by atoms with Crippen LogP contribution in [0.3, 0.4) is 0 Å². The fraction of sp³-hybridized carbons (Fsp3) is 0.158. The van der Waals surface area contributed by atoms with Crippen LogP contribution in [0.25, 0.3) is 6.08 Å². The first kappa shape index (κ1) is 17.6. The summed E-state index contributed by atoms with van der Waals surface area (Å²) in [4.78, 5) is 14.7. The fourth-order valence-electron chi connectivity index (χ4n) is 2.38. The Morgan fingerprint density at radius 2 is 1.84 bits per heavy atom. The third kappa shape index (κ3) is 3.91. The van der Waals surface area contributed by atoms with Crippen LogP contribution in [0.1, 0.15) is 19.4 Å². The molecule has 25 heavy (non-hydrogen) atoms. The van der Waals surface area contributed by atoms with Gasteiger partial charge in [-0.2, -0.15) is 0 Å². The molecule has 1 fully saturated rings. The van der Waals surface area contributed by atoms with Crippen molar-refractivity contribution in [3.05, 3.63) is 64.8 Å². The number of nitrogens with zero attached hydrogens (tertiary/aromatic N) is 1. The van der Waals surface area contributed by atoms with Crippen LogP contribution in [0, 0.1) is 5.82 Å². The summed E-state index contributed by atoms with van der Waals surface area (Å²) in [7, 11) is 0. The van der Waals surface area contributed by atoms with E-state index in [2.05, 4.69) is 0 Å². The summed E-state index contributed by atoms with van der Waals surface area (Å²) in [6.45, 7) is 3.90. The second-order valence-electron chi connectivity index (χ2n) is 5.70. The first-order chi connectivity index (χ1) is 12.0. The number of carbonyl (C=O) groups is 1. The largest absolute Gasteiger partial charge is 0.490 e. The summed E-state index contributed by atoms with van der Waals surface area (Å²) >= 11 is 6.55. The molecule has 0 atom stereocenters. The molecule has 0 unspecified atom stereocenters. The summed E-state index contributed by atoms with van der Waals surface area (Å²) < 4.78 is 19.3. The number of benzene rings is 2. The van der Waals surface area contributed by atoms with Gasteiger partial charge in [-0.1, -0.05) is 42.2 Å². The van der Waals surface area contributed by atoms with E-state index in [0.29, 0.717) is 20.7 Å². The number of hydrogen-bond acceptors (Lipinski definition) is 4. The van der Waals surface area contributed by atoms with E-state index in [1.165, 1.54) is 28.8 Å². The number of para-hydroxylation sites is 1. The monoisotopic (exact) mass is 373 g/mol. The lowest BCUT2D eigenvalue weighted by Crippen LogP contribution is -2.27. The number of ether oxygens (including phenoxy) is 1. The maximum atomic E-state index is 13.1. The first-order valence-electron chi connectivity index (χ1n) is 7.75. The average Bonchev–Trinajstić information content (AvgIpc) is 2.84. The van der Waals surface area contributed by atoms with Gasteiger partial charge in [0.2, 0.25) is 0 Å². The average molecular weight is 373 g/mol. The van der Waals surface area contributed by atoms with Gasteiger partial charge in [-0.3, -0.25) is 9.69 Å². The van der Waals surface area contributed by atoms with Gasteiger partial charge in [0.1, 0.15) is 11.6 Å². The normalized spacial score (nSPS) is 16.2.